The molecule has 2 aromatic carbocycles. The van der Waals surface area contributed by atoms with Crippen LogP contribution in [0, 0.1) is 0 Å². The predicted octanol–water partition coefficient (Wildman–Crippen LogP) is 4.29. The molecule has 1 amide bonds. The second kappa shape index (κ2) is 9.22. The molecule has 2 heterocycles. The van der Waals surface area contributed by atoms with Crippen molar-refractivity contribution < 1.29 is 4.79 Å². The van der Waals surface area contributed by atoms with Gasteiger partial charge in [0.2, 0.25) is 5.91 Å². The van der Waals surface area contributed by atoms with Crippen molar-refractivity contribution >= 4 is 46.5 Å². The largest absolute Gasteiger partial charge is 0.351 e. The summed E-state index contributed by atoms with van der Waals surface area (Å²) >= 11 is 6.05. The number of hydrogen-bond acceptors (Lipinski definition) is 5. The number of halogens is 2. The van der Waals surface area contributed by atoms with E-state index in [2.05, 4.69) is 27.2 Å². The Bertz CT molecular complexity index is 1110. The van der Waals surface area contributed by atoms with E-state index in [1.165, 1.54) is 0 Å². The van der Waals surface area contributed by atoms with Gasteiger partial charge in [-0.3, -0.25) is 4.79 Å². The van der Waals surface area contributed by atoms with Gasteiger partial charge in [0.15, 0.2) is 5.82 Å². The number of piperazine rings is 1. The molecule has 5 rings (SSSR count). The van der Waals surface area contributed by atoms with Crippen LogP contribution >= 0.6 is 24.0 Å². The van der Waals surface area contributed by atoms with Crippen molar-refractivity contribution in [3.05, 3.63) is 53.6 Å². The Morgan fingerprint density at radius 3 is 2.19 bits per heavy atom. The fraction of sp³-hybridized carbons (Fsp3) is 0.375. The summed E-state index contributed by atoms with van der Waals surface area (Å²) in [5, 5.41) is 12.0. The number of rotatable bonds is 3. The molecule has 1 saturated heterocycles. The fourth-order valence-electron chi connectivity index (χ4n) is 4.80. The standard InChI is InChI=1S/C24H26ClN5O.ClH/c25-18-9-7-17(8-10-18)21-19-5-1-2-6-20(19)22(28-27-21)29-13-15-30(16-14-29)23(31)24(26)11-3-4-12-24;/h1-2,5-10H,3-4,11-16,26H2;1H. The number of hydrogen-bond donors (Lipinski definition) is 1. The first-order valence-corrected chi connectivity index (χ1v) is 11.3. The topological polar surface area (TPSA) is 75.4 Å². The van der Waals surface area contributed by atoms with Crippen molar-refractivity contribution in [2.75, 3.05) is 31.1 Å². The summed E-state index contributed by atoms with van der Waals surface area (Å²) in [4.78, 5) is 17.1. The Kier molecular flexibility index (Phi) is 6.56. The number of carbonyl (C=O) groups is 1. The molecule has 8 heteroatoms. The lowest BCUT2D eigenvalue weighted by atomic mass is 9.97. The molecule has 0 radical (unpaired) electrons. The van der Waals surface area contributed by atoms with Gasteiger partial charge in [-0.25, -0.2) is 0 Å². The molecule has 0 atom stereocenters. The molecule has 1 saturated carbocycles. The summed E-state index contributed by atoms with van der Waals surface area (Å²) in [7, 11) is 0. The van der Waals surface area contributed by atoms with Crippen molar-refractivity contribution in [1.29, 1.82) is 0 Å². The van der Waals surface area contributed by atoms with E-state index in [1.54, 1.807) is 0 Å². The Hall–Kier alpha value is -2.41. The van der Waals surface area contributed by atoms with Gasteiger partial charge in [0.25, 0.3) is 0 Å². The Morgan fingerprint density at radius 1 is 0.906 bits per heavy atom. The van der Waals surface area contributed by atoms with Gasteiger partial charge in [-0.2, -0.15) is 0 Å². The molecule has 0 unspecified atom stereocenters. The highest BCUT2D eigenvalue weighted by atomic mass is 35.5. The van der Waals surface area contributed by atoms with Crippen molar-refractivity contribution in [3.8, 4) is 11.3 Å². The first kappa shape index (κ1) is 22.8. The van der Waals surface area contributed by atoms with Crippen LogP contribution < -0.4 is 10.6 Å². The maximum Gasteiger partial charge on any atom is 0.242 e. The van der Waals surface area contributed by atoms with Gasteiger partial charge in [-0.1, -0.05) is 60.8 Å². The van der Waals surface area contributed by atoms with E-state index < -0.39 is 5.54 Å². The third kappa shape index (κ3) is 4.15. The summed E-state index contributed by atoms with van der Waals surface area (Å²) in [5.41, 5.74) is 7.57. The Balaban J connectivity index is 0.00000245. The first-order chi connectivity index (χ1) is 15.0. The molecule has 2 fully saturated rings. The minimum Gasteiger partial charge on any atom is -0.351 e. The second-order valence-electron chi connectivity index (χ2n) is 8.57. The van der Waals surface area contributed by atoms with Crippen molar-refractivity contribution in [3.63, 3.8) is 0 Å². The molecular weight excluding hydrogens is 445 g/mol. The number of nitrogens with two attached hydrogens (primary N) is 1. The third-order valence-corrected chi connectivity index (χ3v) is 6.83. The van der Waals surface area contributed by atoms with Crippen LogP contribution in [0.3, 0.4) is 0 Å². The molecule has 6 nitrogen and oxygen atoms in total. The zero-order valence-electron chi connectivity index (χ0n) is 17.8. The first-order valence-electron chi connectivity index (χ1n) is 10.9. The molecule has 1 aromatic heterocycles. The van der Waals surface area contributed by atoms with Gasteiger partial charge >= 0.3 is 0 Å². The quantitative estimate of drug-likeness (QED) is 0.616. The van der Waals surface area contributed by atoms with Crippen molar-refractivity contribution in [2.24, 2.45) is 5.73 Å². The van der Waals surface area contributed by atoms with Gasteiger partial charge in [0.05, 0.1) is 5.54 Å². The number of nitrogens with zero attached hydrogens (tertiary/aromatic N) is 4. The third-order valence-electron chi connectivity index (χ3n) is 6.57. The van der Waals surface area contributed by atoms with Crippen LogP contribution in [-0.2, 0) is 4.79 Å². The second-order valence-corrected chi connectivity index (χ2v) is 9.00. The van der Waals surface area contributed by atoms with Crippen LogP contribution in [0.1, 0.15) is 25.7 Å². The van der Waals surface area contributed by atoms with E-state index >= 15 is 0 Å². The highest BCUT2D eigenvalue weighted by Gasteiger charge is 2.40. The van der Waals surface area contributed by atoms with E-state index in [0.29, 0.717) is 18.1 Å². The van der Waals surface area contributed by atoms with Gasteiger partial charge in [-0.05, 0) is 25.0 Å². The molecule has 1 aliphatic heterocycles. The van der Waals surface area contributed by atoms with E-state index in [9.17, 15) is 4.79 Å². The molecule has 32 heavy (non-hydrogen) atoms. The minimum atomic E-state index is -0.658. The number of amides is 1. The smallest absolute Gasteiger partial charge is 0.242 e. The van der Waals surface area contributed by atoms with Gasteiger partial charge in [0, 0.05) is 47.5 Å². The fourth-order valence-corrected chi connectivity index (χ4v) is 4.93. The molecule has 0 spiro atoms. The number of fused-ring (bicyclic) bond motifs is 1. The van der Waals surface area contributed by atoms with Crippen LogP contribution in [0.15, 0.2) is 48.5 Å². The van der Waals surface area contributed by atoms with Crippen LogP contribution in [0.5, 0.6) is 0 Å². The van der Waals surface area contributed by atoms with Gasteiger partial charge in [0.1, 0.15) is 5.69 Å². The zero-order chi connectivity index (χ0) is 21.4. The van der Waals surface area contributed by atoms with E-state index in [-0.39, 0.29) is 18.3 Å². The maximum absolute atomic E-state index is 12.9. The van der Waals surface area contributed by atoms with Crippen LogP contribution in [0.4, 0.5) is 5.82 Å². The molecule has 2 aliphatic rings. The lowest BCUT2D eigenvalue weighted by molar-refractivity contribution is -0.137. The van der Waals surface area contributed by atoms with Gasteiger partial charge < -0.3 is 15.5 Å². The molecule has 1 aliphatic carbocycles. The van der Waals surface area contributed by atoms with Crippen LogP contribution in [0.25, 0.3) is 22.0 Å². The lowest BCUT2D eigenvalue weighted by Gasteiger charge is -2.39. The van der Waals surface area contributed by atoms with E-state index in [4.69, 9.17) is 17.3 Å². The molecular formula is C24H27Cl2N5O. The molecule has 168 valence electrons. The maximum atomic E-state index is 12.9. The minimum absolute atomic E-state index is 0. The SMILES string of the molecule is Cl.NC1(C(=O)N2CCN(c3nnc(-c4ccc(Cl)cc4)c4ccccc34)CC2)CCCC1. The Labute approximate surface area is 199 Å². The van der Waals surface area contributed by atoms with Crippen molar-refractivity contribution in [2.45, 2.75) is 31.2 Å². The summed E-state index contributed by atoms with van der Waals surface area (Å²) in [6.07, 6.45) is 3.69. The van der Waals surface area contributed by atoms with Gasteiger partial charge in [-0.15, -0.1) is 22.6 Å². The average molecular weight is 472 g/mol. The van der Waals surface area contributed by atoms with E-state index in [1.807, 2.05) is 41.3 Å². The number of anilines is 1. The van der Waals surface area contributed by atoms with Crippen LogP contribution in [0.2, 0.25) is 5.02 Å². The normalized spacial score (nSPS) is 17.9. The monoisotopic (exact) mass is 471 g/mol. The number of benzene rings is 2. The predicted molar refractivity (Wildman–Crippen MR) is 131 cm³/mol. The van der Waals surface area contributed by atoms with Crippen LogP contribution in [-0.4, -0.2) is 52.7 Å². The number of aromatic nitrogens is 2. The van der Waals surface area contributed by atoms with Crippen molar-refractivity contribution in [1.82, 2.24) is 15.1 Å². The highest BCUT2D eigenvalue weighted by molar-refractivity contribution is 6.30. The molecule has 2 N–H and O–H groups in total. The number of carbonyl (C=O) groups excluding carboxylic acids is 1. The molecule has 0 bridgehead atoms. The average Bonchev–Trinajstić information content (AvgIpc) is 3.26. The molecule has 3 aromatic rings. The zero-order valence-corrected chi connectivity index (χ0v) is 19.4. The summed E-state index contributed by atoms with van der Waals surface area (Å²) in [5.74, 6) is 0.974. The van der Waals surface area contributed by atoms with E-state index in [0.717, 1.165) is 66.6 Å². The summed E-state index contributed by atoms with van der Waals surface area (Å²) in [6.45, 7) is 2.76. The summed E-state index contributed by atoms with van der Waals surface area (Å²) in [6, 6.07) is 15.9. The summed E-state index contributed by atoms with van der Waals surface area (Å²) < 4.78 is 0. The lowest BCUT2D eigenvalue weighted by Crippen LogP contribution is -2.58. The highest BCUT2D eigenvalue weighted by Crippen LogP contribution is 2.33. The Morgan fingerprint density at radius 2 is 1.53 bits per heavy atom.